The molecule has 5 N–H and O–H groups in total. The number of ether oxygens (including phenoxy) is 2. The van der Waals surface area contributed by atoms with Gasteiger partial charge in [0, 0.05) is 17.5 Å². The number of guanidine groups is 1. The van der Waals surface area contributed by atoms with Crippen LogP contribution in [0.3, 0.4) is 0 Å². The molecule has 0 spiro atoms. The van der Waals surface area contributed by atoms with Crippen molar-refractivity contribution in [2.24, 2.45) is 10.7 Å². The molecule has 3 aliphatic rings. The van der Waals surface area contributed by atoms with E-state index in [-0.39, 0.29) is 24.9 Å². The van der Waals surface area contributed by atoms with Crippen molar-refractivity contribution in [2.45, 2.75) is 75.9 Å². The van der Waals surface area contributed by atoms with Crippen LogP contribution < -0.4 is 20.5 Å². The number of nitrogens with zero attached hydrogens (tertiary/aromatic N) is 2. The number of aliphatic imine (C=N–C) groups is 1. The molecule has 0 aliphatic carbocycles. The molecule has 2 aromatic carbocycles. The van der Waals surface area contributed by atoms with E-state index in [1.54, 1.807) is 30.0 Å². The van der Waals surface area contributed by atoms with Crippen LogP contribution in [0.4, 0.5) is 4.39 Å². The lowest BCUT2D eigenvalue weighted by molar-refractivity contribution is -0.132. The number of rotatable bonds is 6. The van der Waals surface area contributed by atoms with Gasteiger partial charge in [-0.15, -0.1) is 0 Å². The van der Waals surface area contributed by atoms with E-state index in [2.05, 4.69) is 5.32 Å². The molecule has 38 heavy (non-hydrogen) atoms. The molecule has 5 rings (SSSR count). The zero-order valence-corrected chi connectivity index (χ0v) is 21.9. The fourth-order valence-electron chi connectivity index (χ4n) is 5.70. The maximum Gasteiger partial charge on any atom is 0.232 e. The summed E-state index contributed by atoms with van der Waals surface area (Å²) in [6.45, 7) is 5.98. The number of aliphatic hydroxyl groups is 2. The minimum absolute atomic E-state index is 0.0250. The predicted octanol–water partition coefficient (Wildman–Crippen LogP) is 3.22. The number of benzene rings is 2. The van der Waals surface area contributed by atoms with Crippen molar-refractivity contribution in [3.63, 3.8) is 0 Å². The summed E-state index contributed by atoms with van der Waals surface area (Å²) in [7, 11) is 0. The standard InChI is InChI=1S/C28H35FN4O5/c1-4-28(5-2)14-23(34)33(26(30)32-28)20-10-11-37-21-8-6-16(12-18(20)21)25(35)31-24-19-13-17(29)7-9-22(19)38-15-27(24,3)36/h6-9,12-13,20,24-25,31,35-36H,4-5,10-11,14-15H2,1-3H3,(H2,30,32)/t20-,24?,25?,27?/m1/s1. The number of hydrogen-bond acceptors (Lipinski definition) is 8. The summed E-state index contributed by atoms with van der Waals surface area (Å²) in [4.78, 5) is 19.6. The second-order valence-electron chi connectivity index (χ2n) is 10.6. The van der Waals surface area contributed by atoms with Crippen molar-refractivity contribution >= 4 is 11.9 Å². The Morgan fingerprint density at radius 3 is 2.61 bits per heavy atom. The van der Waals surface area contributed by atoms with E-state index < -0.39 is 35.3 Å². The molecule has 10 heteroatoms. The third-order valence-corrected chi connectivity index (χ3v) is 8.08. The topological polar surface area (TPSA) is 130 Å². The lowest BCUT2D eigenvalue weighted by atomic mass is 9.86. The lowest BCUT2D eigenvalue weighted by Gasteiger charge is -2.42. The van der Waals surface area contributed by atoms with Crippen molar-refractivity contribution in [2.75, 3.05) is 13.2 Å². The minimum atomic E-state index is -1.40. The minimum Gasteiger partial charge on any atom is -0.493 e. The molecular weight excluding hydrogens is 491 g/mol. The highest BCUT2D eigenvalue weighted by molar-refractivity contribution is 5.99. The van der Waals surface area contributed by atoms with Gasteiger partial charge >= 0.3 is 0 Å². The van der Waals surface area contributed by atoms with E-state index in [1.165, 1.54) is 18.2 Å². The van der Waals surface area contributed by atoms with Gasteiger partial charge in [0.2, 0.25) is 5.91 Å². The fourth-order valence-corrected chi connectivity index (χ4v) is 5.70. The first-order valence-electron chi connectivity index (χ1n) is 13.1. The number of halogens is 1. The summed E-state index contributed by atoms with van der Waals surface area (Å²) < 4.78 is 25.5. The summed E-state index contributed by atoms with van der Waals surface area (Å²) in [5.41, 5.74) is 6.11. The second-order valence-corrected chi connectivity index (χ2v) is 10.6. The van der Waals surface area contributed by atoms with E-state index >= 15 is 0 Å². The van der Waals surface area contributed by atoms with Gasteiger partial charge in [0.25, 0.3) is 0 Å². The molecule has 0 bridgehead atoms. The van der Waals surface area contributed by atoms with Crippen molar-refractivity contribution in [3.05, 3.63) is 58.9 Å². The largest absolute Gasteiger partial charge is 0.493 e. The third-order valence-electron chi connectivity index (χ3n) is 8.08. The highest BCUT2D eigenvalue weighted by atomic mass is 19.1. The molecule has 1 amide bonds. The van der Waals surface area contributed by atoms with Gasteiger partial charge in [0.05, 0.1) is 30.7 Å². The van der Waals surface area contributed by atoms with Crippen molar-refractivity contribution in [1.82, 2.24) is 10.2 Å². The summed E-state index contributed by atoms with van der Waals surface area (Å²) >= 11 is 0. The summed E-state index contributed by atoms with van der Waals surface area (Å²) in [5, 5.41) is 25.3. The van der Waals surface area contributed by atoms with Crippen LogP contribution >= 0.6 is 0 Å². The molecule has 3 aliphatic heterocycles. The monoisotopic (exact) mass is 526 g/mol. The van der Waals surface area contributed by atoms with Crippen LogP contribution in [0.5, 0.6) is 11.5 Å². The van der Waals surface area contributed by atoms with Crippen LogP contribution in [0.15, 0.2) is 41.4 Å². The van der Waals surface area contributed by atoms with Gasteiger partial charge in [-0.25, -0.2) is 9.38 Å². The van der Waals surface area contributed by atoms with E-state index in [0.29, 0.717) is 41.2 Å². The number of carbonyl (C=O) groups excluding carboxylic acids is 1. The SMILES string of the molecule is CCC1(CC)CC(=O)N([C@@H]2CCOc3ccc(C(O)NC4c5cc(F)ccc5OCC4(C)O)cc32)C(N)=N1. The van der Waals surface area contributed by atoms with E-state index in [1.807, 2.05) is 13.8 Å². The number of amides is 1. The normalized spacial score (nSPS) is 26.9. The van der Waals surface area contributed by atoms with Crippen LogP contribution in [0.25, 0.3) is 0 Å². The van der Waals surface area contributed by atoms with Gasteiger partial charge in [0.1, 0.15) is 35.8 Å². The van der Waals surface area contributed by atoms with E-state index in [9.17, 15) is 19.4 Å². The number of carbonyl (C=O) groups is 1. The average Bonchev–Trinajstić information content (AvgIpc) is 2.89. The molecule has 9 nitrogen and oxygen atoms in total. The molecule has 0 saturated heterocycles. The van der Waals surface area contributed by atoms with Crippen molar-refractivity contribution in [1.29, 1.82) is 0 Å². The zero-order valence-electron chi connectivity index (χ0n) is 21.9. The van der Waals surface area contributed by atoms with Crippen molar-refractivity contribution in [3.8, 4) is 11.5 Å². The molecule has 3 unspecified atom stereocenters. The van der Waals surface area contributed by atoms with Crippen molar-refractivity contribution < 1.29 is 28.9 Å². The lowest BCUT2D eigenvalue weighted by Crippen LogP contribution is -2.53. The Labute approximate surface area is 221 Å². The first-order chi connectivity index (χ1) is 18.1. The molecular formula is C28H35FN4O5. The Bertz CT molecular complexity index is 1260. The Morgan fingerprint density at radius 1 is 1.18 bits per heavy atom. The molecule has 3 heterocycles. The molecule has 4 atom stereocenters. The summed E-state index contributed by atoms with van der Waals surface area (Å²) in [6, 6.07) is 8.14. The number of hydrogen-bond donors (Lipinski definition) is 4. The average molecular weight is 527 g/mol. The van der Waals surface area contributed by atoms with Crippen LogP contribution in [-0.2, 0) is 4.79 Å². The van der Waals surface area contributed by atoms with E-state index in [0.717, 1.165) is 12.8 Å². The van der Waals surface area contributed by atoms with Gasteiger partial charge < -0.3 is 25.4 Å². The zero-order chi connectivity index (χ0) is 27.2. The molecule has 0 saturated carbocycles. The fraction of sp³-hybridized carbons (Fsp3) is 0.500. The van der Waals surface area contributed by atoms with Crippen LogP contribution in [0.2, 0.25) is 0 Å². The van der Waals surface area contributed by atoms with Gasteiger partial charge in [-0.1, -0.05) is 19.9 Å². The predicted molar refractivity (Wildman–Crippen MR) is 139 cm³/mol. The number of aliphatic hydroxyl groups excluding tert-OH is 1. The Kier molecular flexibility index (Phi) is 6.83. The highest BCUT2D eigenvalue weighted by Crippen LogP contribution is 2.42. The highest BCUT2D eigenvalue weighted by Gasteiger charge is 2.43. The molecule has 0 radical (unpaired) electrons. The quantitative estimate of drug-likeness (QED) is 0.425. The smallest absolute Gasteiger partial charge is 0.232 e. The summed E-state index contributed by atoms with van der Waals surface area (Å²) in [6.07, 6.45) is 1.03. The molecule has 204 valence electrons. The maximum atomic E-state index is 14.1. The van der Waals surface area contributed by atoms with Crippen LogP contribution in [0, 0.1) is 5.82 Å². The Morgan fingerprint density at radius 2 is 1.89 bits per heavy atom. The molecule has 0 fully saturated rings. The Balaban J connectivity index is 1.45. The van der Waals surface area contributed by atoms with Crippen LogP contribution in [0.1, 0.15) is 81.5 Å². The first-order valence-corrected chi connectivity index (χ1v) is 13.1. The molecule has 0 aromatic heterocycles. The Hall–Kier alpha value is -3.21. The van der Waals surface area contributed by atoms with E-state index in [4.69, 9.17) is 20.2 Å². The molecule has 2 aromatic rings. The van der Waals surface area contributed by atoms with Gasteiger partial charge in [-0.05, 0) is 55.7 Å². The maximum absolute atomic E-state index is 14.1. The van der Waals surface area contributed by atoms with Gasteiger partial charge in [-0.3, -0.25) is 15.0 Å². The van der Waals surface area contributed by atoms with Gasteiger partial charge in [-0.2, -0.15) is 0 Å². The first kappa shape index (κ1) is 26.4. The number of nitrogens with one attached hydrogen (secondary N) is 1. The summed E-state index contributed by atoms with van der Waals surface area (Å²) in [5.74, 6) is 0.686. The van der Waals surface area contributed by atoms with Crippen LogP contribution in [-0.4, -0.2) is 51.3 Å². The van der Waals surface area contributed by atoms with Gasteiger partial charge in [0.15, 0.2) is 5.96 Å². The second kappa shape index (κ2) is 9.83. The number of nitrogens with two attached hydrogens (primary N) is 1. The third kappa shape index (κ3) is 4.61. The number of fused-ring (bicyclic) bond motifs is 2.